The molecule has 1 saturated carbocycles. The van der Waals surface area contributed by atoms with Crippen LogP contribution in [0.15, 0.2) is 23.8 Å². The van der Waals surface area contributed by atoms with E-state index in [1.807, 2.05) is 6.08 Å². The van der Waals surface area contributed by atoms with Gasteiger partial charge in [-0.25, -0.2) is 0 Å². The molecule has 0 bridgehead atoms. The summed E-state index contributed by atoms with van der Waals surface area (Å²) in [7, 11) is 0. The number of ketones is 1. The number of carbonyl (C=O) groups excluding carboxylic acids is 1. The maximum atomic E-state index is 11.8. The van der Waals surface area contributed by atoms with Crippen LogP contribution in [0.3, 0.4) is 0 Å². The molecule has 114 valence electrons. The fourth-order valence-electron chi connectivity index (χ4n) is 4.78. The van der Waals surface area contributed by atoms with Crippen LogP contribution in [0.4, 0.5) is 0 Å². The Balaban J connectivity index is 2.10. The minimum Gasteiger partial charge on any atom is -0.481 e. The van der Waals surface area contributed by atoms with Gasteiger partial charge in [0.05, 0.1) is 11.5 Å². The zero-order valence-electron chi connectivity index (χ0n) is 12.5. The molecule has 3 aliphatic carbocycles. The molecule has 5 atom stereocenters. The van der Waals surface area contributed by atoms with E-state index in [-0.39, 0.29) is 23.0 Å². The van der Waals surface area contributed by atoms with Crippen LogP contribution in [-0.4, -0.2) is 28.1 Å². The van der Waals surface area contributed by atoms with Crippen molar-refractivity contribution in [2.24, 2.45) is 22.7 Å². The van der Waals surface area contributed by atoms with Crippen molar-refractivity contribution >= 4 is 11.8 Å². The van der Waals surface area contributed by atoms with Gasteiger partial charge in [0, 0.05) is 6.42 Å². The van der Waals surface area contributed by atoms with E-state index in [2.05, 4.69) is 13.0 Å². The number of carboxylic acids is 1. The highest BCUT2D eigenvalue weighted by Crippen LogP contribution is 2.60. The molecule has 1 fully saturated rings. The smallest absolute Gasteiger partial charge is 0.309 e. The Morgan fingerprint density at radius 2 is 2.10 bits per heavy atom. The summed E-state index contributed by atoms with van der Waals surface area (Å²) < 4.78 is 0. The number of hydrogen-bond donors (Lipinski definition) is 2. The van der Waals surface area contributed by atoms with Crippen LogP contribution in [0.2, 0.25) is 0 Å². The second kappa shape index (κ2) is 4.54. The molecule has 3 aliphatic rings. The largest absolute Gasteiger partial charge is 0.481 e. The SMILES string of the molecule is C[C@]12C=CC[C@](C)(C(=O)O)C1C[C@@H](O)C1=CC(=O)CC[C@@H]12. The van der Waals surface area contributed by atoms with Gasteiger partial charge in [-0.05, 0) is 55.1 Å². The van der Waals surface area contributed by atoms with E-state index in [4.69, 9.17) is 0 Å². The molecule has 21 heavy (non-hydrogen) atoms. The lowest BCUT2D eigenvalue weighted by Crippen LogP contribution is -2.55. The van der Waals surface area contributed by atoms with Crippen LogP contribution in [0.25, 0.3) is 0 Å². The topological polar surface area (TPSA) is 74.6 Å². The number of carbonyl (C=O) groups is 2. The van der Waals surface area contributed by atoms with Gasteiger partial charge in [0.15, 0.2) is 5.78 Å². The average molecular weight is 290 g/mol. The minimum atomic E-state index is -0.850. The molecule has 4 heteroatoms. The van der Waals surface area contributed by atoms with Crippen LogP contribution in [0, 0.1) is 22.7 Å². The van der Waals surface area contributed by atoms with Crippen LogP contribution in [0.5, 0.6) is 0 Å². The van der Waals surface area contributed by atoms with E-state index < -0.39 is 17.5 Å². The summed E-state index contributed by atoms with van der Waals surface area (Å²) in [5.41, 5.74) is -0.335. The first-order valence-corrected chi connectivity index (χ1v) is 7.62. The van der Waals surface area contributed by atoms with E-state index >= 15 is 0 Å². The highest BCUT2D eigenvalue weighted by Gasteiger charge is 2.58. The first kappa shape index (κ1) is 14.5. The van der Waals surface area contributed by atoms with Gasteiger partial charge >= 0.3 is 5.97 Å². The van der Waals surface area contributed by atoms with Gasteiger partial charge in [0.25, 0.3) is 0 Å². The molecule has 2 N–H and O–H groups in total. The highest BCUT2D eigenvalue weighted by atomic mass is 16.4. The summed E-state index contributed by atoms with van der Waals surface area (Å²) in [6.07, 6.45) is 7.11. The van der Waals surface area contributed by atoms with Crippen molar-refractivity contribution < 1.29 is 19.8 Å². The molecule has 0 saturated heterocycles. The molecule has 0 aromatic heterocycles. The van der Waals surface area contributed by atoms with Crippen LogP contribution in [-0.2, 0) is 9.59 Å². The Morgan fingerprint density at radius 1 is 1.38 bits per heavy atom. The summed E-state index contributed by atoms with van der Waals surface area (Å²) in [6, 6.07) is 0. The molecule has 0 aromatic carbocycles. The van der Waals surface area contributed by atoms with Gasteiger partial charge in [-0.1, -0.05) is 19.1 Å². The summed E-state index contributed by atoms with van der Waals surface area (Å²) in [4.78, 5) is 23.5. The minimum absolute atomic E-state index is 0.0687. The number of hydrogen-bond acceptors (Lipinski definition) is 3. The van der Waals surface area contributed by atoms with Crippen molar-refractivity contribution in [2.45, 2.75) is 45.6 Å². The number of fused-ring (bicyclic) bond motifs is 3. The Bertz CT molecular complexity index is 561. The lowest BCUT2D eigenvalue weighted by atomic mass is 9.47. The third-order valence-electron chi connectivity index (χ3n) is 6.03. The third kappa shape index (κ3) is 1.92. The van der Waals surface area contributed by atoms with Crippen molar-refractivity contribution in [3.63, 3.8) is 0 Å². The summed E-state index contributed by atoms with van der Waals surface area (Å²) >= 11 is 0. The van der Waals surface area contributed by atoms with Gasteiger partial charge in [-0.2, -0.15) is 0 Å². The second-order valence-corrected chi connectivity index (χ2v) is 7.20. The standard InChI is InChI=1S/C17H22O4/c1-16-6-3-7-17(2,15(20)21)14(16)9-13(19)11-8-10(18)4-5-12(11)16/h3,6,8,12-14,19H,4-5,7,9H2,1-2H3,(H,20,21)/t12-,13+,14?,16+,17-/m0/s1. The summed E-state index contributed by atoms with van der Waals surface area (Å²) in [5.74, 6) is -0.769. The van der Waals surface area contributed by atoms with E-state index in [0.29, 0.717) is 25.7 Å². The third-order valence-corrected chi connectivity index (χ3v) is 6.03. The van der Waals surface area contributed by atoms with Crippen LogP contribution in [0.1, 0.15) is 39.5 Å². The maximum Gasteiger partial charge on any atom is 0.309 e. The molecule has 3 rings (SSSR count). The van der Waals surface area contributed by atoms with Gasteiger partial charge in [0.2, 0.25) is 0 Å². The fraction of sp³-hybridized carbons (Fsp3) is 0.647. The molecule has 0 radical (unpaired) electrons. The van der Waals surface area contributed by atoms with Crippen molar-refractivity contribution in [3.8, 4) is 0 Å². The zero-order valence-corrected chi connectivity index (χ0v) is 12.5. The lowest BCUT2D eigenvalue weighted by molar-refractivity contribution is -0.159. The predicted molar refractivity (Wildman–Crippen MR) is 77.5 cm³/mol. The fourth-order valence-corrected chi connectivity index (χ4v) is 4.78. The van der Waals surface area contributed by atoms with Crippen LogP contribution < -0.4 is 0 Å². The lowest BCUT2D eigenvalue weighted by Gasteiger charge is -2.56. The molecule has 0 spiro atoms. The normalized spacial score (nSPS) is 45.6. The Labute approximate surface area is 124 Å². The van der Waals surface area contributed by atoms with Crippen molar-refractivity contribution in [1.29, 1.82) is 0 Å². The van der Waals surface area contributed by atoms with E-state index in [9.17, 15) is 19.8 Å². The van der Waals surface area contributed by atoms with Crippen molar-refractivity contribution in [3.05, 3.63) is 23.8 Å². The Kier molecular flexibility index (Phi) is 3.14. The molecule has 1 unspecified atom stereocenters. The van der Waals surface area contributed by atoms with E-state index in [0.717, 1.165) is 5.57 Å². The number of rotatable bonds is 1. The van der Waals surface area contributed by atoms with Gasteiger partial charge in [0.1, 0.15) is 0 Å². The predicted octanol–water partition coefficient (Wildman–Crippen LogP) is 2.33. The molecule has 0 aromatic rings. The average Bonchev–Trinajstić information content (AvgIpc) is 2.41. The van der Waals surface area contributed by atoms with Gasteiger partial charge < -0.3 is 10.2 Å². The first-order chi connectivity index (χ1) is 9.79. The van der Waals surface area contributed by atoms with Gasteiger partial charge in [-0.3, -0.25) is 9.59 Å². The number of aliphatic hydroxyl groups excluding tert-OH is 1. The zero-order chi connectivity index (χ0) is 15.4. The quantitative estimate of drug-likeness (QED) is 0.727. The van der Waals surface area contributed by atoms with Crippen molar-refractivity contribution in [2.75, 3.05) is 0 Å². The number of aliphatic hydroxyl groups is 1. The second-order valence-electron chi connectivity index (χ2n) is 7.20. The van der Waals surface area contributed by atoms with Gasteiger partial charge in [-0.15, -0.1) is 0 Å². The Hall–Kier alpha value is -1.42. The van der Waals surface area contributed by atoms with E-state index in [1.54, 1.807) is 13.0 Å². The van der Waals surface area contributed by atoms with Crippen LogP contribution >= 0.6 is 0 Å². The molecular weight excluding hydrogens is 268 g/mol. The molecular formula is C17H22O4. The number of allylic oxidation sites excluding steroid dienone is 3. The number of carboxylic acid groups (broad SMARTS) is 1. The highest BCUT2D eigenvalue weighted by molar-refractivity contribution is 5.91. The monoisotopic (exact) mass is 290 g/mol. The molecule has 0 aliphatic heterocycles. The van der Waals surface area contributed by atoms with Crippen molar-refractivity contribution in [1.82, 2.24) is 0 Å². The summed E-state index contributed by atoms with van der Waals surface area (Å²) in [5, 5.41) is 20.1. The first-order valence-electron chi connectivity index (χ1n) is 7.62. The molecule has 0 amide bonds. The molecule has 4 nitrogen and oxygen atoms in total. The number of aliphatic carboxylic acids is 1. The molecule has 0 heterocycles. The summed E-state index contributed by atoms with van der Waals surface area (Å²) in [6.45, 7) is 3.88. The maximum absolute atomic E-state index is 11.8. The van der Waals surface area contributed by atoms with E-state index in [1.165, 1.54) is 0 Å². The Morgan fingerprint density at radius 3 is 2.76 bits per heavy atom.